The van der Waals surface area contributed by atoms with Crippen molar-refractivity contribution < 1.29 is 9.66 Å². The third-order valence-corrected chi connectivity index (χ3v) is 4.43. The molecular weight excluding hydrogens is 336 g/mol. The Hall–Kier alpha value is -2.08. The summed E-state index contributed by atoms with van der Waals surface area (Å²) < 4.78 is 6.75. The third-order valence-electron chi connectivity index (χ3n) is 3.17. The topological polar surface area (TPSA) is 78.4 Å². The molecule has 0 amide bonds. The van der Waals surface area contributed by atoms with Crippen LogP contribution in [0.15, 0.2) is 34.8 Å². The van der Waals surface area contributed by atoms with Gasteiger partial charge in [-0.3, -0.25) is 10.1 Å². The van der Waals surface area contributed by atoms with Crippen LogP contribution in [0.25, 0.3) is 0 Å². The highest BCUT2D eigenvalue weighted by Crippen LogP contribution is 2.29. The summed E-state index contributed by atoms with van der Waals surface area (Å²) in [5.74, 6) is 0.708. The second-order valence-corrected chi connectivity index (χ2v) is 5.56. The fourth-order valence-corrected chi connectivity index (χ4v) is 2.26. The van der Waals surface area contributed by atoms with E-state index in [9.17, 15) is 10.1 Å². The van der Waals surface area contributed by atoms with Crippen LogP contribution in [0.3, 0.4) is 0 Å². The van der Waals surface area contributed by atoms with Crippen molar-refractivity contribution >= 4 is 27.3 Å². The number of hydrogen-bond donors (Lipinski definition) is 1. The lowest BCUT2D eigenvalue weighted by atomic mass is 10.1. The van der Waals surface area contributed by atoms with E-state index in [-0.39, 0.29) is 18.0 Å². The van der Waals surface area contributed by atoms with Crippen LogP contribution in [0.2, 0.25) is 0 Å². The predicted molar refractivity (Wildman–Crippen MR) is 85.5 cm³/mol. The fraction of sp³-hybridized carbons (Fsp3) is 0.200. The van der Waals surface area contributed by atoms with Gasteiger partial charge in [-0.1, -0.05) is 28.1 Å². The average molecular weight is 351 g/mol. The van der Waals surface area contributed by atoms with Crippen LogP contribution >= 0.6 is 15.9 Å². The van der Waals surface area contributed by atoms with Gasteiger partial charge in [0.1, 0.15) is 18.0 Å². The van der Waals surface area contributed by atoms with E-state index in [0.29, 0.717) is 11.3 Å². The van der Waals surface area contributed by atoms with Crippen molar-refractivity contribution in [2.45, 2.75) is 20.5 Å². The second kappa shape index (κ2) is 6.13. The highest BCUT2D eigenvalue weighted by atomic mass is 79.9. The van der Waals surface area contributed by atoms with E-state index in [2.05, 4.69) is 15.9 Å². The molecule has 110 valence electrons. The molecule has 0 fully saturated rings. The number of rotatable bonds is 4. The zero-order chi connectivity index (χ0) is 15.6. The van der Waals surface area contributed by atoms with E-state index < -0.39 is 4.92 Å². The average Bonchev–Trinajstić information content (AvgIpc) is 2.43. The molecule has 2 N–H and O–H groups in total. The first-order chi connectivity index (χ1) is 9.90. The van der Waals surface area contributed by atoms with E-state index in [4.69, 9.17) is 10.5 Å². The van der Waals surface area contributed by atoms with Gasteiger partial charge in [0, 0.05) is 16.1 Å². The summed E-state index contributed by atoms with van der Waals surface area (Å²) in [5.41, 5.74) is 8.58. The number of hydrogen-bond acceptors (Lipinski definition) is 4. The summed E-state index contributed by atoms with van der Waals surface area (Å²) >= 11 is 3.50. The lowest BCUT2D eigenvalue weighted by Crippen LogP contribution is -2.03. The number of nitro groups is 1. The highest BCUT2D eigenvalue weighted by Gasteiger charge is 2.14. The van der Waals surface area contributed by atoms with Gasteiger partial charge in [0.2, 0.25) is 0 Å². The minimum Gasteiger partial charge on any atom is -0.489 e. The van der Waals surface area contributed by atoms with Crippen LogP contribution < -0.4 is 10.5 Å². The zero-order valence-corrected chi connectivity index (χ0v) is 13.3. The molecule has 0 bridgehead atoms. The normalized spacial score (nSPS) is 10.4. The smallest absolute Gasteiger partial charge is 0.292 e. The minimum atomic E-state index is -0.493. The largest absolute Gasteiger partial charge is 0.489 e. The van der Waals surface area contributed by atoms with E-state index in [1.807, 2.05) is 26.0 Å². The molecule has 0 saturated carbocycles. The van der Waals surface area contributed by atoms with Gasteiger partial charge in [-0.25, -0.2) is 0 Å². The van der Waals surface area contributed by atoms with Gasteiger partial charge < -0.3 is 10.5 Å². The molecule has 0 spiro atoms. The SMILES string of the molecule is Cc1cc(OCc2cccc([N+](=O)[O-])c2N)cc(C)c1Br. The number of nitrogen functional groups attached to an aromatic ring is 1. The van der Waals surface area contributed by atoms with Crippen molar-refractivity contribution in [1.82, 2.24) is 0 Å². The Labute approximate surface area is 131 Å². The second-order valence-electron chi connectivity index (χ2n) is 4.77. The molecule has 5 nitrogen and oxygen atoms in total. The van der Waals surface area contributed by atoms with E-state index >= 15 is 0 Å². The van der Waals surface area contributed by atoms with Crippen molar-refractivity contribution in [2.75, 3.05) is 5.73 Å². The molecule has 0 heterocycles. The molecule has 21 heavy (non-hydrogen) atoms. The molecule has 0 saturated heterocycles. The van der Waals surface area contributed by atoms with Gasteiger partial charge in [-0.15, -0.1) is 0 Å². The van der Waals surface area contributed by atoms with E-state index in [1.54, 1.807) is 12.1 Å². The molecule has 0 atom stereocenters. The summed E-state index contributed by atoms with van der Waals surface area (Å²) in [5, 5.41) is 10.9. The van der Waals surface area contributed by atoms with E-state index in [1.165, 1.54) is 6.07 Å². The maximum atomic E-state index is 10.9. The Balaban J connectivity index is 2.21. The third kappa shape index (κ3) is 3.33. The number of benzene rings is 2. The maximum Gasteiger partial charge on any atom is 0.292 e. The van der Waals surface area contributed by atoms with Gasteiger partial charge in [0.05, 0.1) is 4.92 Å². The number of anilines is 1. The molecule has 0 aliphatic carbocycles. The minimum absolute atomic E-state index is 0.0979. The first-order valence-corrected chi connectivity index (χ1v) is 7.10. The molecule has 0 aliphatic rings. The molecule has 2 aromatic carbocycles. The fourth-order valence-electron chi connectivity index (χ4n) is 2.04. The first-order valence-electron chi connectivity index (χ1n) is 6.31. The highest BCUT2D eigenvalue weighted by molar-refractivity contribution is 9.10. The summed E-state index contributed by atoms with van der Waals surface area (Å²) in [7, 11) is 0. The number of nitrogens with zero attached hydrogens (tertiary/aromatic N) is 1. The van der Waals surface area contributed by atoms with Gasteiger partial charge >= 0.3 is 0 Å². The lowest BCUT2D eigenvalue weighted by Gasteiger charge is -2.11. The van der Waals surface area contributed by atoms with Crippen LogP contribution in [0.4, 0.5) is 11.4 Å². The van der Waals surface area contributed by atoms with Gasteiger partial charge in [-0.05, 0) is 37.1 Å². The van der Waals surface area contributed by atoms with Crippen molar-refractivity contribution in [1.29, 1.82) is 0 Å². The summed E-state index contributed by atoms with van der Waals surface area (Å²) in [6.07, 6.45) is 0. The quantitative estimate of drug-likeness (QED) is 0.510. The van der Waals surface area contributed by atoms with Gasteiger partial charge in [0.15, 0.2) is 0 Å². The molecule has 0 aliphatic heterocycles. The Bertz CT molecular complexity index is 678. The van der Waals surface area contributed by atoms with Crippen LogP contribution in [-0.2, 0) is 6.61 Å². The Morgan fingerprint density at radius 2 is 1.90 bits per heavy atom. The van der Waals surface area contributed by atoms with Crippen LogP contribution in [0.5, 0.6) is 5.75 Å². The van der Waals surface area contributed by atoms with Gasteiger partial charge in [0.25, 0.3) is 5.69 Å². The van der Waals surface area contributed by atoms with Crippen molar-refractivity contribution in [2.24, 2.45) is 0 Å². The van der Waals surface area contributed by atoms with Crippen molar-refractivity contribution in [3.8, 4) is 5.75 Å². The Morgan fingerprint density at radius 1 is 1.29 bits per heavy atom. The summed E-state index contributed by atoms with van der Waals surface area (Å²) in [6, 6.07) is 8.52. The lowest BCUT2D eigenvalue weighted by molar-refractivity contribution is -0.384. The Morgan fingerprint density at radius 3 is 2.48 bits per heavy atom. The number of halogens is 1. The molecule has 0 radical (unpaired) electrons. The number of nitro benzene ring substituents is 1. The predicted octanol–water partition coefficient (Wildman–Crippen LogP) is 4.14. The first kappa shape index (κ1) is 15.3. The van der Waals surface area contributed by atoms with Crippen molar-refractivity contribution in [3.05, 3.63) is 61.6 Å². The number of nitrogens with two attached hydrogens (primary N) is 1. The van der Waals surface area contributed by atoms with Crippen LogP contribution in [0.1, 0.15) is 16.7 Å². The van der Waals surface area contributed by atoms with Crippen LogP contribution in [-0.4, -0.2) is 4.92 Å². The molecule has 0 unspecified atom stereocenters. The van der Waals surface area contributed by atoms with Gasteiger partial charge in [-0.2, -0.15) is 0 Å². The summed E-state index contributed by atoms with van der Waals surface area (Å²) in [6.45, 7) is 4.14. The van der Waals surface area contributed by atoms with E-state index in [0.717, 1.165) is 15.6 Å². The number of para-hydroxylation sites is 1. The van der Waals surface area contributed by atoms with Crippen LogP contribution in [0, 0.1) is 24.0 Å². The summed E-state index contributed by atoms with van der Waals surface area (Å²) in [4.78, 5) is 10.4. The molecule has 2 aromatic rings. The molecular formula is C15H15BrN2O3. The number of aryl methyl sites for hydroxylation is 2. The van der Waals surface area contributed by atoms with Crippen molar-refractivity contribution in [3.63, 3.8) is 0 Å². The maximum absolute atomic E-state index is 10.9. The molecule has 0 aromatic heterocycles. The standard InChI is InChI=1S/C15H15BrN2O3/c1-9-6-12(7-10(2)14(9)16)21-8-11-4-3-5-13(15(11)17)18(19)20/h3-7H,8,17H2,1-2H3. The number of ether oxygens (including phenoxy) is 1. The zero-order valence-electron chi connectivity index (χ0n) is 11.7. The Kier molecular flexibility index (Phi) is 4.47. The molecule has 2 rings (SSSR count). The molecule has 6 heteroatoms. The monoisotopic (exact) mass is 350 g/mol.